The molecule has 1 aliphatic rings. The summed E-state index contributed by atoms with van der Waals surface area (Å²) >= 11 is 0. The van der Waals surface area contributed by atoms with Crippen molar-refractivity contribution in [2.24, 2.45) is 0 Å². The number of nitrogens with zero attached hydrogens (tertiary/aromatic N) is 1. The first-order valence-electron chi connectivity index (χ1n) is 17.2. The summed E-state index contributed by atoms with van der Waals surface area (Å²) in [5.74, 6) is 0. The molecule has 1 nitrogen and oxygen atoms in total. The minimum Gasteiger partial charge on any atom is -0.310 e. The lowest BCUT2D eigenvalue weighted by Crippen LogP contribution is -2.15. The summed E-state index contributed by atoms with van der Waals surface area (Å²) in [6.45, 7) is 6.89. The Morgan fingerprint density at radius 3 is 1.69 bits per heavy atom. The van der Waals surface area contributed by atoms with Gasteiger partial charge in [-0.1, -0.05) is 153 Å². The maximum Gasteiger partial charge on any atom is 0.0540 e. The molecule has 8 aromatic carbocycles. The van der Waals surface area contributed by atoms with Crippen LogP contribution in [-0.4, -0.2) is 0 Å². The van der Waals surface area contributed by atoms with Crippen molar-refractivity contribution in [3.05, 3.63) is 187 Å². The van der Waals surface area contributed by atoms with Crippen molar-refractivity contribution in [1.29, 1.82) is 0 Å². The SMILES string of the molecule is Cc1ccc(-c2ccc(N(c3ccc(-c4ccccc4)cc3)c3ccc4c(c3)-c3ccccc3C4(C)C)c3ccccc23)c2ccccc12. The second-order valence-electron chi connectivity index (χ2n) is 13.8. The number of aryl methyl sites for hydroxylation is 1. The van der Waals surface area contributed by atoms with Gasteiger partial charge in [0.2, 0.25) is 0 Å². The third kappa shape index (κ3) is 4.69. The lowest BCUT2D eigenvalue weighted by Gasteiger charge is -2.29. The zero-order valence-electron chi connectivity index (χ0n) is 28.1. The number of fused-ring (bicyclic) bond motifs is 5. The molecule has 49 heavy (non-hydrogen) atoms. The van der Waals surface area contributed by atoms with E-state index in [0.29, 0.717) is 0 Å². The topological polar surface area (TPSA) is 3.24 Å². The van der Waals surface area contributed by atoms with Crippen molar-refractivity contribution < 1.29 is 0 Å². The first-order chi connectivity index (χ1) is 24.0. The summed E-state index contributed by atoms with van der Waals surface area (Å²) in [5, 5.41) is 5.05. The molecule has 0 amide bonds. The molecule has 0 N–H and O–H groups in total. The van der Waals surface area contributed by atoms with Crippen molar-refractivity contribution in [1.82, 2.24) is 0 Å². The smallest absolute Gasteiger partial charge is 0.0540 e. The lowest BCUT2D eigenvalue weighted by molar-refractivity contribution is 0.660. The van der Waals surface area contributed by atoms with Crippen LogP contribution < -0.4 is 4.90 Å². The highest BCUT2D eigenvalue weighted by molar-refractivity contribution is 6.11. The molecular formula is C48H37N. The monoisotopic (exact) mass is 627 g/mol. The molecular weight excluding hydrogens is 591 g/mol. The van der Waals surface area contributed by atoms with Gasteiger partial charge in [-0.3, -0.25) is 0 Å². The first-order valence-corrected chi connectivity index (χ1v) is 17.2. The van der Waals surface area contributed by atoms with Gasteiger partial charge in [-0.05, 0) is 103 Å². The molecule has 0 unspecified atom stereocenters. The fourth-order valence-electron chi connectivity index (χ4n) is 8.11. The molecule has 1 aliphatic carbocycles. The highest BCUT2D eigenvalue weighted by atomic mass is 15.1. The maximum atomic E-state index is 2.45. The van der Waals surface area contributed by atoms with Crippen molar-refractivity contribution in [3.8, 4) is 33.4 Å². The van der Waals surface area contributed by atoms with Gasteiger partial charge >= 0.3 is 0 Å². The third-order valence-corrected chi connectivity index (χ3v) is 10.6. The summed E-state index contributed by atoms with van der Waals surface area (Å²) in [5.41, 5.74) is 15.0. The zero-order chi connectivity index (χ0) is 33.1. The minimum atomic E-state index is -0.0439. The fraction of sp³-hybridized carbons (Fsp3) is 0.0833. The van der Waals surface area contributed by atoms with Gasteiger partial charge in [0.25, 0.3) is 0 Å². The predicted molar refractivity (Wildman–Crippen MR) is 209 cm³/mol. The van der Waals surface area contributed by atoms with E-state index in [1.165, 1.54) is 71.6 Å². The maximum absolute atomic E-state index is 2.45. The van der Waals surface area contributed by atoms with Gasteiger partial charge in [0, 0.05) is 22.2 Å². The lowest BCUT2D eigenvalue weighted by atomic mass is 9.82. The van der Waals surface area contributed by atoms with E-state index >= 15 is 0 Å². The van der Waals surface area contributed by atoms with Crippen LogP contribution in [0.15, 0.2) is 170 Å². The largest absolute Gasteiger partial charge is 0.310 e. The van der Waals surface area contributed by atoms with Gasteiger partial charge in [-0.25, -0.2) is 0 Å². The Bertz CT molecular complexity index is 2520. The molecule has 234 valence electrons. The molecule has 0 aliphatic heterocycles. The van der Waals surface area contributed by atoms with E-state index in [9.17, 15) is 0 Å². The van der Waals surface area contributed by atoms with Gasteiger partial charge in [0.05, 0.1) is 5.69 Å². The second-order valence-corrected chi connectivity index (χ2v) is 13.8. The Morgan fingerprint density at radius 1 is 0.388 bits per heavy atom. The molecule has 8 aromatic rings. The summed E-state index contributed by atoms with van der Waals surface area (Å²) in [7, 11) is 0. The minimum absolute atomic E-state index is 0.0439. The van der Waals surface area contributed by atoms with Crippen LogP contribution in [0, 0.1) is 6.92 Å². The van der Waals surface area contributed by atoms with Gasteiger partial charge in [0.15, 0.2) is 0 Å². The fourth-order valence-corrected chi connectivity index (χ4v) is 8.11. The van der Waals surface area contributed by atoms with E-state index in [4.69, 9.17) is 0 Å². The van der Waals surface area contributed by atoms with E-state index in [-0.39, 0.29) is 5.41 Å². The van der Waals surface area contributed by atoms with Crippen molar-refractivity contribution in [2.45, 2.75) is 26.2 Å². The van der Waals surface area contributed by atoms with Gasteiger partial charge in [0.1, 0.15) is 0 Å². The highest BCUT2D eigenvalue weighted by Gasteiger charge is 2.35. The first kappa shape index (κ1) is 29.2. The van der Waals surface area contributed by atoms with Crippen LogP contribution in [-0.2, 0) is 5.41 Å². The quantitative estimate of drug-likeness (QED) is 0.183. The Labute approximate surface area is 288 Å². The summed E-state index contributed by atoms with van der Waals surface area (Å²) < 4.78 is 0. The summed E-state index contributed by atoms with van der Waals surface area (Å²) in [6, 6.07) is 62.5. The van der Waals surface area contributed by atoms with Gasteiger partial charge < -0.3 is 4.90 Å². The number of benzene rings is 8. The van der Waals surface area contributed by atoms with Crippen LogP contribution in [0.3, 0.4) is 0 Å². The van der Waals surface area contributed by atoms with Crippen LogP contribution in [0.25, 0.3) is 54.9 Å². The molecule has 9 rings (SSSR count). The molecule has 0 aromatic heterocycles. The van der Waals surface area contributed by atoms with Gasteiger partial charge in [-0.15, -0.1) is 0 Å². The van der Waals surface area contributed by atoms with E-state index in [1.807, 2.05) is 0 Å². The number of hydrogen-bond acceptors (Lipinski definition) is 1. The summed E-state index contributed by atoms with van der Waals surface area (Å²) in [6.07, 6.45) is 0. The zero-order valence-corrected chi connectivity index (χ0v) is 28.1. The van der Waals surface area contributed by atoms with E-state index < -0.39 is 0 Å². The van der Waals surface area contributed by atoms with Crippen LogP contribution in [0.2, 0.25) is 0 Å². The Kier molecular flexibility index (Phi) is 6.78. The van der Waals surface area contributed by atoms with Gasteiger partial charge in [-0.2, -0.15) is 0 Å². The Morgan fingerprint density at radius 2 is 0.939 bits per heavy atom. The normalized spacial score (nSPS) is 13.0. The number of anilines is 3. The Balaban J connectivity index is 1.27. The van der Waals surface area contributed by atoms with Crippen molar-refractivity contribution >= 4 is 38.6 Å². The molecule has 0 heterocycles. The number of rotatable bonds is 5. The molecule has 1 heteroatoms. The summed E-state index contributed by atoms with van der Waals surface area (Å²) in [4.78, 5) is 2.45. The predicted octanol–water partition coefficient (Wildman–Crippen LogP) is 13.4. The van der Waals surface area contributed by atoms with Crippen LogP contribution >= 0.6 is 0 Å². The van der Waals surface area contributed by atoms with E-state index in [1.54, 1.807) is 0 Å². The van der Waals surface area contributed by atoms with Crippen molar-refractivity contribution in [3.63, 3.8) is 0 Å². The van der Waals surface area contributed by atoms with Crippen LogP contribution in [0.5, 0.6) is 0 Å². The molecule has 0 spiro atoms. The Hall–Kier alpha value is -5.92. The van der Waals surface area contributed by atoms with Crippen LogP contribution in [0.1, 0.15) is 30.5 Å². The molecule has 0 saturated heterocycles. The van der Waals surface area contributed by atoms with Crippen LogP contribution in [0.4, 0.5) is 17.1 Å². The number of hydrogen-bond donors (Lipinski definition) is 0. The van der Waals surface area contributed by atoms with Crippen molar-refractivity contribution in [2.75, 3.05) is 4.90 Å². The van der Waals surface area contributed by atoms with E-state index in [2.05, 4.69) is 196 Å². The second kappa shape index (κ2) is 11.4. The standard InChI is InChI=1S/C48H37N/c1-32-21-27-40(38-16-8-7-15-37(32)38)41-28-30-47(43-19-10-9-17-39(41)43)49(35-24-22-34(23-25-35)33-13-5-4-6-14-33)36-26-29-46-44(31-36)42-18-11-12-20-45(42)48(46,2)3/h4-31H,1-3H3. The molecule has 0 saturated carbocycles. The average molecular weight is 628 g/mol. The average Bonchev–Trinajstić information content (AvgIpc) is 3.38. The third-order valence-electron chi connectivity index (χ3n) is 10.6. The molecule has 0 fully saturated rings. The van der Waals surface area contributed by atoms with E-state index in [0.717, 1.165) is 17.1 Å². The molecule has 0 atom stereocenters. The highest BCUT2D eigenvalue weighted by Crippen LogP contribution is 2.51. The molecule has 0 bridgehead atoms. The molecule has 0 radical (unpaired) electrons.